The number of rotatable bonds is 4. The number of halogens is 1. The normalized spacial score (nSPS) is 14.6. The highest BCUT2D eigenvalue weighted by atomic mass is 19.1. The number of carbonyl (C=O) groups is 2. The fourth-order valence-electron chi connectivity index (χ4n) is 3.33. The van der Waals surface area contributed by atoms with E-state index >= 15 is 0 Å². The van der Waals surface area contributed by atoms with E-state index in [1.54, 1.807) is 12.1 Å². The standard InChI is InChI=1S/C21H25FN4O2/c1-15-7-8-18(16(2)13-15)23-21(28)24-20(27)14-25-9-11-26(12-10-25)19-6-4-3-5-17(19)22/h3-8,13H,9-12,14H2,1-2H3,(H2,23,24,27,28). The fraction of sp³-hybridized carbons (Fsp3) is 0.333. The fourth-order valence-corrected chi connectivity index (χ4v) is 3.33. The summed E-state index contributed by atoms with van der Waals surface area (Å²) >= 11 is 0. The summed E-state index contributed by atoms with van der Waals surface area (Å²) in [5.74, 6) is -0.599. The van der Waals surface area contributed by atoms with Gasteiger partial charge in [-0.15, -0.1) is 0 Å². The number of benzene rings is 2. The average molecular weight is 384 g/mol. The Morgan fingerprint density at radius 3 is 2.43 bits per heavy atom. The second-order valence-corrected chi connectivity index (χ2v) is 7.04. The van der Waals surface area contributed by atoms with E-state index in [9.17, 15) is 14.0 Å². The van der Waals surface area contributed by atoms with Crippen LogP contribution in [0.3, 0.4) is 0 Å². The molecule has 148 valence electrons. The van der Waals surface area contributed by atoms with Gasteiger partial charge in [0.05, 0.1) is 12.2 Å². The summed E-state index contributed by atoms with van der Waals surface area (Å²) in [5.41, 5.74) is 3.30. The molecule has 2 aromatic rings. The van der Waals surface area contributed by atoms with Crippen molar-refractivity contribution in [3.05, 3.63) is 59.4 Å². The van der Waals surface area contributed by atoms with Gasteiger partial charge in [-0.2, -0.15) is 0 Å². The second kappa shape index (κ2) is 8.84. The minimum Gasteiger partial charge on any atom is -0.367 e. The van der Waals surface area contributed by atoms with E-state index in [4.69, 9.17) is 0 Å². The number of imide groups is 1. The molecule has 3 rings (SSSR count). The predicted molar refractivity (Wildman–Crippen MR) is 108 cm³/mol. The van der Waals surface area contributed by atoms with Crippen molar-refractivity contribution in [2.45, 2.75) is 13.8 Å². The molecule has 28 heavy (non-hydrogen) atoms. The number of urea groups is 1. The molecule has 0 radical (unpaired) electrons. The van der Waals surface area contributed by atoms with Gasteiger partial charge in [-0.1, -0.05) is 29.8 Å². The first-order valence-electron chi connectivity index (χ1n) is 9.32. The summed E-state index contributed by atoms with van der Waals surface area (Å²) < 4.78 is 13.9. The molecule has 6 nitrogen and oxygen atoms in total. The topological polar surface area (TPSA) is 64.7 Å². The van der Waals surface area contributed by atoms with Crippen LogP contribution in [0.2, 0.25) is 0 Å². The van der Waals surface area contributed by atoms with Gasteiger partial charge in [0, 0.05) is 31.9 Å². The van der Waals surface area contributed by atoms with E-state index in [1.807, 2.05) is 47.9 Å². The van der Waals surface area contributed by atoms with Crippen molar-refractivity contribution in [2.75, 3.05) is 42.9 Å². The van der Waals surface area contributed by atoms with E-state index in [-0.39, 0.29) is 18.3 Å². The van der Waals surface area contributed by atoms with Crippen LogP contribution in [0.4, 0.5) is 20.6 Å². The summed E-state index contributed by atoms with van der Waals surface area (Å²) in [7, 11) is 0. The van der Waals surface area contributed by atoms with Gasteiger partial charge in [0.25, 0.3) is 0 Å². The lowest BCUT2D eigenvalue weighted by atomic mass is 10.1. The zero-order chi connectivity index (χ0) is 20.1. The zero-order valence-corrected chi connectivity index (χ0v) is 16.2. The molecular weight excluding hydrogens is 359 g/mol. The molecule has 0 aliphatic carbocycles. The van der Waals surface area contributed by atoms with Crippen molar-refractivity contribution in [3.63, 3.8) is 0 Å². The lowest BCUT2D eigenvalue weighted by Crippen LogP contribution is -2.50. The maximum atomic E-state index is 13.9. The molecular formula is C21H25FN4O2. The van der Waals surface area contributed by atoms with Gasteiger partial charge >= 0.3 is 6.03 Å². The summed E-state index contributed by atoms with van der Waals surface area (Å²) in [5, 5.41) is 5.07. The Bertz CT molecular complexity index is 863. The van der Waals surface area contributed by atoms with Crippen molar-refractivity contribution in [1.29, 1.82) is 0 Å². The third kappa shape index (κ3) is 5.07. The summed E-state index contributed by atoms with van der Waals surface area (Å²) in [6.07, 6.45) is 0. The molecule has 1 aliphatic rings. The molecule has 1 heterocycles. The third-order valence-corrected chi connectivity index (χ3v) is 4.82. The number of piperazine rings is 1. The van der Waals surface area contributed by atoms with E-state index in [0.717, 1.165) is 11.1 Å². The molecule has 2 N–H and O–H groups in total. The molecule has 0 atom stereocenters. The summed E-state index contributed by atoms with van der Waals surface area (Å²) in [4.78, 5) is 28.2. The highest BCUT2D eigenvalue weighted by Crippen LogP contribution is 2.20. The molecule has 0 spiro atoms. The van der Waals surface area contributed by atoms with Gasteiger partial charge < -0.3 is 10.2 Å². The molecule has 1 saturated heterocycles. The van der Waals surface area contributed by atoms with Crippen LogP contribution in [0.5, 0.6) is 0 Å². The first kappa shape index (κ1) is 19.8. The van der Waals surface area contributed by atoms with E-state index in [2.05, 4.69) is 10.6 Å². The van der Waals surface area contributed by atoms with E-state index in [0.29, 0.717) is 37.6 Å². The van der Waals surface area contributed by atoms with Gasteiger partial charge in [-0.25, -0.2) is 9.18 Å². The molecule has 3 amide bonds. The highest BCUT2D eigenvalue weighted by Gasteiger charge is 2.21. The Morgan fingerprint density at radius 1 is 1.04 bits per heavy atom. The van der Waals surface area contributed by atoms with Crippen LogP contribution in [-0.4, -0.2) is 49.6 Å². The van der Waals surface area contributed by atoms with Gasteiger partial charge in [0.15, 0.2) is 0 Å². The number of amides is 3. The Labute approximate surface area is 164 Å². The molecule has 7 heteroatoms. The lowest BCUT2D eigenvalue weighted by Gasteiger charge is -2.35. The third-order valence-electron chi connectivity index (χ3n) is 4.82. The number of aryl methyl sites for hydroxylation is 2. The smallest absolute Gasteiger partial charge is 0.325 e. The van der Waals surface area contributed by atoms with Crippen LogP contribution in [-0.2, 0) is 4.79 Å². The van der Waals surface area contributed by atoms with Gasteiger partial charge in [0.2, 0.25) is 5.91 Å². The van der Waals surface area contributed by atoms with E-state index < -0.39 is 6.03 Å². The van der Waals surface area contributed by atoms with Crippen LogP contribution in [0.1, 0.15) is 11.1 Å². The first-order chi connectivity index (χ1) is 13.4. The Kier molecular flexibility index (Phi) is 6.26. The summed E-state index contributed by atoms with van der Waals surface area (Å²) in [6, 6.07) is 11.8. The van der Waals surface area contributed by atoms with E-state index in [1.165, 1.54) is 6.07 Å². The molecule has 1 fully saturated rings. The molecule has 0 unspecified atom stereocenters. The van der Waals surface area contributed by atoms with Crippen LogP contribution in [0.15, 0.2) is 42.5 Å². The number of anilines is 2. The van der Waals surface area contributed by atoms with Gasteiger partial charge in [0.1, 0.15) is 5.82 Å². The number of hydrogen-bond acceptors (Lipinski definition) is 4. The maximum Gasteiger partial charge on any atom is 0.325 e. The largest absolute Gasteiger partial charge is 0.367 e. The monoisotopic (exact) mass is 384 g/mol. The zero-order valence-electron chi connectivity index (χ0n) is 16.2. The number of nitrogens with zero attached hydrogens (tertiary/aromatic N) is 2. The van der Waals surface area contributed by atoms with Crippen molar-refractivity contribution in [2.24, 2.45) is 0 Å². The molecule has 0 bridgehead atoms. The van der Waals surface area contributed by atoms with Crippen LogP contribution in [0.25, 0.3) is 0 Å². The summed E-state index contributed by atoms with van der Waals surface area (Å²) in [6.45, 7) is 6.52. The maximum absolute atomic E-state index is 13.9. The number of nitrogens with one attached hydrogen (secondary N) is 2. The van der Waals surface area contributed by atoms with Crippen molar-refractivity contribution in [1.82, 2.24) is 10.2 Å². The Morgan fingerprint density at radius 2 is 1.75 bits per heavy atom. The number of hydrogen-bond donors (Lipinski definition) is 2. The van der Waals surface area contributed by atoms with Crippen molar-refractivity contribution in [3.8, 4) is 0 Å². The minimum absolute atomic E-state index is 0.130. The first-order valence-corrected chi connectivity index (χ1v) is 9.32. The van der Waals surface area contributed by atoms with Crippen LogP contribution < -0.4 is 15.5 Å². The van der Waals surface area contributed by atoms with Crippen molar-refractivity contribution >= 4 is 23.3 Å². The lowest BCUT2D eigenvalue weighted by molar-refractivity contribution is -0.121. The van der Waals surface area contributed by atoms with Crippen LogP contribution >= 0.6 is 0 Å². The minimum atomic E-state index is -0.540. The quantitative estimate of drug-likeness (QED) is 0.851. The number of carbonyl (C=O) groups excluding carboxylic acids is 2. The predicted octanol–water partition coefficient (Wildman–Crippen LogP) is 2.91. The van der Waals surface area contributed by atoms with Gasteiger partial charge in [-0.05, 0) is 37.6 Å². The molecule has 0 saturated carbocycles. The molecule has 1 aliphatic heterocycles. The highest BCUT2D eigenvalue weighted by molar-refractivity contribution is 6.02. The Balaban J connectivity index is 1.45. The average Bonchev–Trinajstić information content (AvgIpc) is 2.65. The second-order valence-electron chi connectivity index (χ2n) is 7.04. The molecule has 0 aromatic heterocycles. The van der Waals surface area contributed by atoms with Crippen molar-refractivity contribution < 1.29 is 14.0 Å². The Hall–Kier alpha value is -2.93. The SMILES string of the molecule is Cc1ccc(NC(=O)NC(=O)CN2CCN(c3ccccc3F)CC2)c(C)c1. The van der Waals surface area contributed by atoms with Crippen LogP contribution in [0, 0.1) is 19.7 Å². The van der Waals surface area contributed by atoms with Gasteiger partial charge in [-0.3, -0.25) is 15.0 Å². The molecule has 2 aromatic carbocycles. The number of para-hydroxylation sites is 1.